The molecule has 76 valence electrons. The standard InChI is InChI=1S/C9H14N4O/c1-6-3-2-4-7(6)8(14)12-9-10-5-11-13-9/h5-7H,2-4H2,1H3,(H2,10,11,12,13,14). The van der Waals surface area contributed by atoms with Crippen molar-refractivity contribution in [2.24, 2.45) is 11.8 Å². The van der Waals surface area contributed by atoms with Crippen molar-refractivity contribution in [3.8, 4) is 0 Å². The first-order chi connectivity index (χ1) is 6.77. The third-order valence-corrected chi connectivity index (χ3v) is 2.85. The highest BCUT2D eigenvalue weighted by atomic mass is 16.2. The number of hydrogen-bond donors (Lipinski definition) is 2. The number of rotatable bonds is 2. The molecule has 2 rings (SSSR count). The minimum absolute atomic E-state index is 0.0618. The van der Waals surface area contributed by atoms with Crippen molar-refractivity contribution in [1.29, 1.82) is 0 Å². The molecule has 0 bridgehead atoms. The van der Waals surface area contributed by atoms with Crippen LogP contribution in [0.25, 0.3) is 0 Å². The molecule has 1 fully saturated rings. The molecule has 1 aliphatic rings. The van der Waals surface area contributed by atoms with E-state index in [4.69, 9.17) is 0 Å². The number of nitrogens with one attached hydrogen (secondary N) is 2. The Labute approximate surface area is 82.3 Å². The summed E-state index contributed by atoms with van der Waals surface area (Å²) >= 11 is 0. The molecular weight excluding hydrogens is 180 g/mol. The monoisotopic (exact) mass is 194 g/mol. The summed E-state index contributed by atoms with van der Waals surface area (Å²) < 4.78 is 0. The van der Waals surface area contributed by atoms with Gasteiger partial charge >= 0.3 is 0 Å². The maximum Gasteiger partial charge on any atom is 0.230 e. The average molecular weight is 194 g/mol. The van der Waals surface area contributed by atoms with Crippen LogP contribution in [0, 0.1) is 11.8 Å². The lowest BCUT2D eigenvalue weighted by molar-refractivity contribution is -0.120. The molecule has 5 nitrogen and oxygen atoms in total. The van der Waals surface area contributed by atoms with Crippen molar-refractivity contribution in [1.82, 2.24) is 15.2 Å². The minimum atomic E-state index is 0.0618. The molecular formula is C9H14N4O. The summed E-state index contributed by atoms with van der Waals surface area (Å²) in [5, 5.41) is 9.01. The quantitative estimate of drug-likeness (QED) is 0.742. The van der Waals surface area contributed by atoms with Crippen LogP contribution in [0.5, 0.6) is 0 Å². The highest BCUT2D eigenvalue weighted by Gasteiger charge is 2.29. The number of hydrogen-bond acceptors (Lipinski definition) is 3. The Morgan fingerprint density at radius 2 is 2.50 bits per heavy atom. The van der Waals surface area contributed by atoms with Gasteiger partial charge in [-0.15, -0.1) is 0 Å². The number of H-pyrrole nitrogens is 1. The molecule has 5 heteroatoms. The molecule has 2 atom stereocenters. The molecule has 1 saturated carbocycles. The first kappa shape index (κ1) is 9.18. The normalized spacial score (nSPS) is 26.4. The van der Waals surface area contributed by atoms with E-state index < -0.39 is 0 Å². The van der Waals surface area contributed by atoms with Crippen LogP contribution in [0.15, 0.2) is 6.33 Å². The molecule has 2 N–H and O–H groups in total. The van der Waals surface area contributed by atoms with E-state index in [-0.39, 0.29) is 11.8 Å². The van der Waals surface area contributed by atoms with E-state index in [9.17, 15) is 4.79 Å². The summed E-state index contributed by atoms with van der Waals surface area (Å²) in [6.07, 6.45) is 4.67. The lowest BCUT2D eigenvalue weighted by Crippen LogP contribution is -2.25. The third kappa shape index (κ3) is 1.76. The summed E-state index contributed by atoms with van der Waals surface area (Å²) in [6.45, 7) is 2.12. The second-order valence-electron chi connectivity index (χ2n) is 3.84. The van der Waals surface area contributed by atoms with Gasteiger partial charge in [0.2, 0.25) is 11.9 Å². The molecule has 14 heavy (non-hydrogen) atoms. The largest absolute Gasteiger partial charge is 0.295 e. The van der Waals surface area contributed by atoms with E-state index in [1.807, 2.05) is 0 Å². The number of amides is 1. The van der Waals surface area contributed by atoms with Gasteiger partial charge in [-0.2, -0.15) is 10.1 Å². The Hall–Kier alpha value is -1.39. The van der Waals surface area contributed by atoms with Gasteiger partial charge in [-0.1, -0.05) is 13.3 Å². The van der Waals surface area contributed by atoms with Crippen LogP contribution in [-0.2, 0) is 4.79 Å². The van der Waals surface area contributed by atoms with Gasteiger partial charge in [-0.3, -0.25) is 10.1 Å². The molecule has 0 radical (unpaired) electrons. The molecule has 1 heterocycles. The molecule has 2 unspecified atom stereocenters. The van der Waals surface area contributed by atoms with Crippen molar-refractivity contribution < 1.29 is 4.79 Å². The lowest BCUT2D eigenvalue weighted by atomic mass is 9.97. The second kappa shape index (κ2) is 3.77. The van der Waals surface area contributed by atoms with E-state index >= 15 is 0 Å². The Kier molecular flexibility index (Phi) is 2.47. The SMILES string of the molecule is CC1CCCC1C(=O)Nc1ncn[nH]1. The topological polar surface area (TPSA) is 70.7 Å². The molecule has 1 aliphatic carbocycles. The van der Waals surface area contributed by atoms with E-state index in [0.717, 1.165) is 19.3 Å². The highest BCUT2D eigenvalue weighted by Crippen LogP contribution is 2.31. The maximum atomic E-state index is 11.7. The summed E-state index contributed by atoms with van der Waals surface area (Å²) in [7, 11) is 0. The minimum Gasteiger partial charge on any atom is -0.295 e. The van der Waals surface area contributed by atoms with Gasteiger partial charge < -0.3 is 0 Å². The molecule has 0 aromatic carbocycles. The fraction of sp³-hybridized carbons (Fsp3) is 0.667. The van der Waals surface area contributed by atoms with Gasteiger partial charge in [0.25, 0.3) is 0 Å². The van der Waals surface area contributed by atoms with Crippen LogP contribution in [0.2, 0.25) is 0 Å². The summed E-state index contributed by atoms with van der Waals surface area (Å²) in [6, 6.07) is 0. The molecule has 0 spiro atoms. The lowest BCUT2D eigenvalue weighted by Gasteiger charge is -2.13. The maximum absolute atomic E-state index is 11.7. The van der Waals surface area contributed by atoms with Crippen LogP contribution in [-0.4, -0.2) is 21.1 Å². The Morgan fingerprint density at radius 3 is 3.07 bits per heavy atom. The van der Waals surface area contributed by atoms with Gasteiger partial charge in [0.1, 0.15) is 6.33 Å². The summed E-state index contributed by atoms with van der Waals surface area (Å²) in [5.41, 5.74) is 0. The number of aromatic nitrogens is 3. The fourth-order valence-corrected chi connectivity index (χ4v) is 2.01. The molecule has 1 aromatic heterocycles. The predicted molar refractivity (Wildman–Crippen MR) is 51.5 cm³/mol. The first-order valence-corrected chi connectivity index (χ1v) is 4.93. The Balaban J connectivity index is 1.95. The van der Waals surface area contributed by atoms with Gasteiger partial charge in [0.15, 0.2) is 0 Å². The molecule has 1 aromatic rings. The van der Waals surface area contributed by atoms with E-state index in [1.165, 1.54) is 6.33 Å². The number of carbonyl (C=O) groups is 1. The number of anilines is 1. The van der Waals surface area contributed by atoms with Crippen molar-refractivity contribution in [2.75, 3.05) is 5.32 Å². The zero-order valence-electron chi connectivity index (χ0n) is 8.16. The summed E-state index contributed by atoms with van der Waals surface area (Å²) in [5.74, 6) is 1.12. The smallest absolute Gasteiger partial charge is 0.230 e. The van der Waals surface area contributed by atoms with E-state index in [1.54, 1.807) is 0 Å². The van der Waals surface area contributed by atoms with Crippen molar-refractivity contribution >= 4 is 11.9 Å². The van der Waals surface area contributed by atoms with Gasteiger partial charge in [-0.05, 0) is 18.8 Å². The van der Waals surface area contributed by atoms with E-state index in [0.29, 0.717) is 11.9 Å². The molecule has 1 amide bonds. The van der Waals surface area contributed by atoms with Crippen LogP contribution >= 0.6 is 0 Å². The van der Waals surface area contributed by atoms with Crippen molar-refractivity contribution in [3.05, 3.63) is 6.33 Å². The van der Waals surface area contributed by atoms with Gasteiger partial charge in [0, 0.05) is 5.92 Å². The van der Waals surface area contributed by atoms with Crippen LogP contribution in [0.3, 0.4) is 0 Å². The summed E-state index contributed by atoms with van der Waals surface area (Å²) in [4.78, 5) is 15.6. The second-order valence-corrected chi connectivity index (χ2v) is 3.84. The van der Waals surface area contributed by atoms with Crippen molar-refractivity contribution in [3.63, 3.8) is 0 Å². The Bertz CT molecular complexity index is 309. The van der Waals surface area contributed by atoms with Crippen molar-refractivity contribution in [2.45, 2.75) is 26.2 Å². The number of aromatic amines is 1. The predicted octanol–water partition coefficient (Wildman–Crippen LogP) is 1.18. The van der Waals surface area contributed by atoms with E-state index in [2.05, 4.69) is 27.4 Å². The van der Waals surface area contributed by atoms with Crippen LogP contribution in [0.4, 0.5) is 5.95 Å². The zero-order chi connectivity index (χ0) is 9.97. The van der Waals surface area contributed by atoms with Gasteiger partial charge in [0.05, 0.1) is 0 Å². The third-order valence-electron chi connectivity index (χ3n) is 2.85. The molecule has 0 saturated heterocycles. The van der Waals surface area contributed by atoms with Gasteiger partial charge in [-0.25, -0.2) is 5.10 Å². The average Bonchev–Trinajstić information content (AvgIpc) is 2.75. The zero-order valence-corrected chi connectivity index (χ0v) is 8.16. The molecule has 0 aliphatic heterocycles. The fourth-order valence-electron chi connectivity index (χ4n) is 2.01. The highest BCUT2D eigenvalue weighted by molar-refractivity contribution is 5.91. The van der Waals surface area contributed by atoms with Crippen LogP contribution in [0.1, 0.15) is 26.2 Å². The number of carbonyl (C=O) groups excluding carboxylic acids is 1. The van der Waals surface area contributed by atoms with Crippen LogP contribution < -0.4 is 5.32 Å². The number of nitrogens with zero attached hydrogens (tertiary/aromatic N) is 2. The Morgan fingerprint density at radius 1 is 1.64 bits per heavy atom. The first-order valence-electron chi connectivity index (χ1n) is 4.93.